The molecule has 2 aromatic carbocycles. The van der Waals surface area contributed by atoms with E-state index in [1.54, 1.807) is 7.05 Å². The molecule has 1 amide bonds. The predicted octanol–water partition coefficient (Wildman–Crippen LogP) is 3.92. The van der Waals surface area contributed by atoms with Gasteiger partial charge in [-0.3, -0.25) is 9.69 Å². The average molecular weight is 475 g/mol. The summed E-state index contributed by atoms with van der Waals surface area (Å²) in [4.78, 5) is 16.5. The van der Waals surface area contributed by atoms with Crippen LogP contribution >= 0.6 is 0 Å². The van der Waals surface area contributed by atoms with Crippen molar-refractivity contribution >= 4 is 23.2 Å². The number of hydrogen-bond acceptors (Lipinski definition) is 6. The first-order valence-electron chi connectivity index (χ1n) is 12.4. The molecule has 1 aromatic heterocycles. The summed E-state index contributed by atoms with van der Waals surface area (Å²) in [6.45, 7) is 6.33. The van der Waals surface area contributed by atoms with Gasteiger partial charge in [-0.1, -0.05) is 56.3 Å². The van der Waals surface area contributed by atoms with E-state index in [9.17, 15) is 9.90 Å². The molecule has 35 heavy (non-hydrogen) atoms. The molecule has 3 N–H and O–H groups in total. The number of nitrogens with zero attached hydrogens (tertiary/aromatic N) is 4. The van der Waals surface area contributed by atoms with E-state index < -0.39 is 6.35 Å². The summed E-state index contributed by atoms with van der Waals surface area (Å²) in [5.41, 5.74) is 3.75. The lowest BCUT2D eigenvalue weighted by molar-refractivity contribution is 0.0124. The molecule has 0 aliphatic carbocycles. The average Bonchev–Trinajstić information content (AvgIpc) is 3.51. The number of carbonyl (C=O) groups is 1. The van der Waals surface area contributed by atoms with Gasteiger partial charge in [0, 0.05) is 25.3 Å². The first kappa shape index (κ1) is 23.4. The second kappa shape index (κ2) is 9.71. The number of anilines is 3. The van der Waals surface area contributed by atoms with Crippen molar-refractivity contribution < 1.29 is 9.90 Å². The molecule has 0 saturated carbocycles. The van der Waals surface area contributed by atoms with E-state index in [1.807, 2.05) is 39.9 Å². The summed E-state index contributed by atoms with van der Waals surface area (Å²) in [5.74, 6) is 1.18. The summed E-state index contributed by atoms with van der Waals surface area (Å²) in [5, 5.41) is 22.7. The summed E-state index contributed by atoms with van der Waals surface area (Å²) in [6, 6.07) is 18.8. The second-order valence-corrected chi connectivity index (χ2v) is 9.90. The Balaban J connectivity index is 1.54. The van der Waals surface area contributed by atoms with Crippen LogP contribution in [-0.4, -0.2) is 52.2 Å². The third-order valence-corrected chi connectivity index (χ3v) is 6.74. The molecule has 3 aromatic rings. The van der Waals surface area contributed by atoms with Crippen molar-refractivity contribution in [3.63, 3.8) is 0 Å². The topological polar surface area (TPSA) is 85.7 Å². The molecule has 2 aliphatic rings. The molecule has 5 rings (SSSR count). The third kappa shape index (κ3) is 4.63. The minimum absolute atomic E-state index is 0.250. The van der Waals surface area contributed by atoms with Crippen molar-refractivity contribution in [3.8, 4) is 0 Å². The summed E-state index contributed by atoms with van der Waals surface area (Å²) >= 11 is 0. The van der Waals surface area contributed by atoms with Gasteiger partial charge >= 0.3 is 0 Å². The Hall–Kier alpha value is -3.36. The number of carbonyl (C=O) groups excluding carboxylic acids is 1. The van der Waals surface area contributed by atoms with Crippen molar-refractivity contribution in [2.45, 2.75) is 45.6 Å². The van der Waals surface area contributed by atoms with Crippen molar-refractivity contribution in [2.75, 3.05) is 30.4 Å². The van der Waals surface area contributed by atoms with Gasteiger partial charge in [-0.25, -0.2) is 4.68 Å². The van der Waals surface area contributed by atoms with E-state index in [-0.39, 0.29) is 11.8 Å². The zero-order valence-corrected chi connectivity index (χ0v) is 20.6. The van der Waals surface area contributed by atoms with Gasteiger partial charge in [0.05, 0.1) is 6.54 Å². The van der Waals surface area contributed by atoms with E-state index in [4.69, 9.17) is 5.10 Å². The zero-order chi connectivity index (χ0) is 24.5. The number of amides is 1. The molecular weight excluding hydrogens is 440 g/mol. The lowest BCUT2D eigenvalue weighted by Gasteiger charge is -2.39. The quantitative estimate of drug-likeness (QED) is 0.481. The minimum atomic E-state index is -1.05. The third-order valence-electron chi connectivity index (χ3n) is 6.74. The number of fused-ring (bicyclic) bond motifs is 1. The Labute approximate surface area is 206 Å². The van der Waals surface area contributed by atoms with Crippen LogP contribution in [0.3, 0.4) is 0 Å². The largest absolute Gasteiger partial charge is 0.356 e. The monoisotopic (exact) mass is 474 g/mol. The number of aliphatic hydroxyl groups excluding tert-OH is 1. The van der Waals surface area contributed by atoms with Crippen LogP contribution in [0, 0.1) is 5.92 Å². The Morgan fingerprint density at radius 1 is 1.14 bits per heavy atom. The summed E-state index contributed by atoms with van der Waals surface area (Å²) < 4.78 is 1.84. The number of hydrogen-bond donors (Lipinski definition) is 3. The van der Waals surface area contributed by atoms with Gasteiger partial charge in [-0.2, -0.15) is 5.10 Å². The SMILES string of the molecule is CC(C)CN1c2nn(Cc3ccc(C4CCCN4)cc3)c(Nc3ccccc3)c2C(=O)N(C)C1O. The molecule has 2 atom stereocenters. The van der Waals surface area contributed by atoms with Gasteiger partial charge < -0.3 is 20.6 Å². The number of aliphatic hydroxyl groups is 1. The fourth-order valence-corrected chi connectivity index (χ4v) is 4.92. The molecule has 2 unspecified atom stereocenters. The van der Waals surface area contributed by atoms with Crippen LogP contribution in [0.5, 0.6) is 0 Å². The highest BCUT2D eigenvalue weighted by Gasteiger charge is 2.40. The number of para-hydroxylation sites is 1. The number of aromatic nitrogens is 2. The van der Waals surface area contributed by atoms with Crippen molar-refractivity contribution in [1.29, 1.82) is 0 Å². The van der Waals surface area contributed by atoms with Crippen molar-refractivity contribution in [1.82, 2.24) is 20.0 Å². The second-order valence-electron chi connectivity index (χ2n) is 9.90. The Morgan fingerprint density at radius 3 is 2.54 bits per heavy atom. The zero-order valence-electron chi connectivity index (χ0n) is 20.6. The van der Waals surface area contributed by atoms with E-state index >= 15 is 0 Å². The van der Waals surface area contributed by atoms with Gasteiger partial charge in [0.2, 0.25) is 6.35 Å². The normalized spacial score (nSPS) is 20.0. The molecule has 2 aliphatic heterocycles. The standard InChI is InChI=1S/C27H34N6O2/c1-18(2)16-32-25-23(26(34)31(3)27(32)35)24(29-21-8-5-4-6-9-21)33(30-25)17-19-11-13-20(14-12-19)22-10-7-15-28-22/h4-6,8-9,11-14,18,22,27-29,35H,7,10,15-17H2,1-3H3. The molecule has 8 heteroatoms. The first-order valence-corrected chi connectivity index (χ1v) is 12.4. The fourth-order valence-electron chi connectivity index (χ4n) is 4.92. The van der Waals surface area contributed by atoms with Crippen LogP contribution in [0.4, 0.5) is 17.3 Å². The van der Waals surface area contributed by atoms with Gasteiger partial charge in [0.15, 0.2) is 5.82 Å². The van der Waals surface area contributed by atoms with Crippen molar-refractivity contribution in [3.05, 3.63) is 71.3 Å². The maximum atomic E-state index is 13.4. The maximum Gasteiger partial charge on any atom is 0.264 e. The highest BCUT2D eigenvalue weighted by molar-refractivity contribution is 6.06. The van der Waals surface area contributed by atoms with Crippen LogP contribution in [-0.2, 0) is 6.54 Å². The summed E-state index contributed by atoms with van der Waals surface area (Å²) in [7, 11) is 1.63. The number of benzene rings is 2. The van der Waals surface area contributed by atoms with Gasteiger partial charge in [0.1, 0.15) is 11.4 Å². The molecule has 3 heterocycles. The highest BCUT2D eigenvalue weighted by Crippen LogP contribution is 2.36. The Morgan fingerprint density at radius 2 is 1.89 bits per heavy atom. The number of rotatable bonds is 7. The van der Waals surface area contributed by atoms with Crippen LogP contribution < -0.4 is 15.5 Å². The molecule has 1 fully saturated rings. The van der Waals surface area contributed by atoms with Gasteiger partial charge in [-0.15, -0.1) is 0 Å². The number of nitrogens with one attached hydrogen (secondary N) is 2. The first-order chi connectivity index (χ1) is 16.9. The van der Waals surface area contributed by atoms with Crippen LogP contribution in [0.15, 0.2) is 54.6 Å². The smallest absolute Gasteiger partial charge is 0.264 e. The molecule has 184 valence electrons. The van der Waals surface area contributed by atoms with Crippen LogP contribution in [0.1, 0.15) is 54.2 Å². The van der Waals surface area contributed by atoms with E-state index in [0.717, 1.165) is 17.8 Å². The van der Waals surface area contributed by atoms with Crippen LogP contribution in [0.2, 0.25) is 0 Å². The van der Waals surface area contributed by atoms with E-state index in [0.29, 0.717) is 36.3 Å². The Kier molecular flexibility index (Phi) is 6.49. The molecule has 1 saturated heterocycles. The predicted molar refractivity (Wildman–Crippen MR) is 138 cm³/mol. The van der Waals surface area contributed by atoms with E-state index in [1.165, 1.54) is 23.3 Å². The highest BCUT2D eigenvalue weighted by atomic mass is 16.3. The summed E-state index contributed by atoms with van der Waals surface area (Å²) in [6.07, 6.45) is 1.32. The maximum absolute atomic E-state index is 13.4. The lowest BCUT2D eigenvalue weighted by atomic mass is 10.0. The Bertz CT molecular complexity index is 1170. The molecule has 0 radical (unpaired) electrons. The molecular formula is C27H34N6O2. The molecule has 0 bridgehead atoms. The minimum Gasteiger partial charge on any atom is -0.356 e. The fraction of sp³-hybridized carbons (Fsp3) is 0.407. The lowest BCUT2D eigenvalue weighted by Crippen LogP contribution is -2.54. The van der Waals surface area contributed by atoms with Gasteiger partial charge in [-0.05, 0) is 48.6 Å². The van der Waals surface area contributed by atoms with Crippen molar-refractivity contribution in [2.24, 2.45) is 5.92 Å². The van der Waals surface area contributed by atoms with Gasteiger partial charge in [0.25, 0.3) is 5.91 Å². The molecule has 8 nitrogen and oxygen atoms in total. The van der Waals surface area contributed by atoms with Crippen LogP contribution in [0.25, 0.3) is 0 Å². The van der Waals surface area contributed by atoms with E-state index in [2.05, 4.69) is 48.7 Å². The molecule has 0 spiro atoms.